The fraction of sp³-hybridized carbons (Fsp3) is 0.160. The van der Waals surface area contributed by atoms with Crippen molar-refractivity contribution >= 4 is 38.9 Å². The van der Waals surface area contributed by atoms with E-state index in [4.69, 9.17) is 16.3 Å². The molecule has 5 heteroatoms. The number of amides is 1. The van der Waals surface area contributed by atoms with E-state index in [-0.39, 0.29) is 11.9 Å². The van der Waals surface area contributed by atoms with Gasteiger partial charge in [-0.15, -0.1) is 11.3 Å². The van der Waals surface area contributed by atoms with Gasteiger partial charge in [-0.3, -0.25) is 4.79 Å². The number of methoxy groups -OCH3 is 1. The van der Waals surface area contributed by atoms with Crippen LogP contribution in [0, 0.1) is 6.92 Å². The second kappa shape index (κ2) is 8.90. The highest BCUT2D eigenvalue weighted by Gasteiger charge is 2.22. The molecular formula is C25H22ClNO2S. The standard InChI is InChI=1S/C25H22ClNO2S/c1-16-8-10-17(11-9-16)14-21(18-6-4-3-5-7-18)27-25(28)24-23(26)20-15-19(29-2)12-13-22(20)30-24/h3-13,15,21H,14H2,1-2H3,(H,27,28)/t21-/m1/s1. The van der Waals surface area contributed by atoms with Crippen LogP contribution in [0.2, 0.25) is 5.02 Å². The van der Waals surface area contributed by atoms with E-state index < -0.39 is 0 Å². The lowest BCUT2D eigenvalue weighted by atomic mass is 9.98. The normalized spacial score (nSPS) is 12.0. The van der Waals surface area contributed by atoms with E-state index in [0.29, 0.717) is 16.3 Å². The zero-order valence-electron chi connectivity index (χ0n) is 16.8. The van der Waals surface area contributed by atoms with Crippen LogP contribution in [0.5, 0.6) is 5.75 Å². The molecule has 3 aromatic carbocycles. The Morgan fingerprint density at radius 3 is 2.50 bits per heavy atom. The maximum absolute atomic E-state index is 13.2. The third-order valence-electron chi connectivity index (χ3n) is 5.11. The van der Waals surface area contributed by atoms with Crippen LogP contribution in [0.25, 0.3) is 10.1 Å². The Hall–Kier alpha value is -2.82. The summed E-state index contributed by atoms with van der Waals surface area (Å²) < 4.78 is 6.25. The summed E-state index contributed by atoms with van der Waals surface area (Å²) in [7, 11) is 1.62. The molecule has 0 aliphatic carbocycles. The van der Waals surface area contributed by atoms with Gasteiger partial charge in [-0.1, -0.05) is 71.8 Å². The molecule has 30 heavy (non-hydrogen) atoms. The molecule has 0 unspecified atom stereocenters. The molecule has 1 N–H and O–H groups in total. The fourth-order valence-electron chi connectivity index (χ4n) is 3.44. The molecule has 0 aliphatic rings. The summed E-state index contributed by atoms with van der Waals surface area (Å²) in [6.45, 7) is 2.07. The first-order valence-corrected chi connectivity index (χ1v) is 10.9. The molecule has 4 rings (SSSR count). The van der Waals surface area contributed by atoms with Gasteiger partial charge >= 0.3 is 0 Å². The zero-order chi connectivity index (χ0) is 21.1. The van der Waals surface area contributed by atoms with Crippen LogP contribution in [0.4, 0.5) is 0 Å². The Bertz CT molecular complexity index is 1170. The number of thiophene rings is 1. The van der Waals surface area contributed by atoms with Crippen molar-refractivity contribution in [2.75, 3.05) is 7.11 Å². The van der Waals surface area contributed by atoms with Crippen molar-refractivity contribution in [1.82, 2.24) is 5.32 Å². The van der Waals surface area contributed by atoms with Crippen molar-refractivity contribution in [3.05, 3.63) is 99.4 Å². The van der Waals surface area contributed by atoms with E-state index in [1.807, 2.05) is 48.5 Å². The minimum absolute atomic E-state index is 0.155. The predicted molar refractivity (Wildman–Crippen MR) is 125 cm³/mol. The van der Waals surface area contributed by atoms with Crippen molar-refractivity contribution in [3.8, 4) is 5.75 Å². The van der Waals surface area contributed by atoms with Crippen molar-refractivity contribution in [2.24, 2.45) is 0 Å². The number of hydrogen-bond acceptors (Lipinski definition) is 3. The van der Waals surface area contributed by atoms with Gasteiger partial charge in [0, 0.05) is 10.1 Å². The lowest BCUT2D eigenvalue weighted by molar-refractivity contribution is 0.0941. The Labute approximate surface area is 185 Å². The molecule has 0 aliphatic heterocycles. The van der Waals surface area contributed by atoms with Gasteiger partial charge in [0.1, 0.15) is 10.6 Å². The molecule has 0 saturated heterocycles. The third-order valence-corrected chi connectivity index (χ3v) is 6.78. The van der Waals surface area contributed by atoms with Gasteiger partial charge in [-0.2, -0.15) is 0 Å². The fourth-order valence-corrected chi connectivity index (χ4v) is 4.83. The third kappa shape index (κ3) is 4.35. The zero-order valence-corrected chi connectivity index (χ0v) is 18.4. The molecule has 0 spiro atoms. The Balaban J connectivity index is 1.64. The maximum atomic E-state index is 13.2. The second-order valence-electron chi connectivity index (χ2n) is 7.23. The summed E-state index contributed by atoms with van der Waals surface area (Å²) in [5, 5.41) is 4.50. The number of carbonyl (C=O) groups is 1. The van der Waals surface area contributed by atoms with Crippen molar-refractivity contribution < 1.29 is 9.53 Å². The molecule has 4 aromatic rings. The summed E-state index contributed by atoms with van der Waals surface area (Å²) in [6.07, 6.45) is 0.701. The lowest BCUT2D eigenvalue weighted by Crippen LogP contribution is -2.29. The van der Waals surface area contributed by atoms with Crippen LogP contribution in [0.1, 0.15) is 32.4 Å². The van der Waals surface area contributed by atoms with E-state index in [0.717, 1.165) is 21.4 Å². The van der Waals surface area contributed by atoms with Gasteiger partial charge in [0.15, 0.2) is 0 Å². The molecule has 0 radical (unpaired) electrons. The number of fused-ring (bicyclic) bond motifs is 1. The molecule has 1 amide bonds. The van der Waals surface area contributed by atoms with E-state index in [1.54, 1.807) is 7.11 Å². The van der Waals surface area contributed by atoms with Crippen LogP contribution < -0.4 is 10.1 Å². The van der Waals surface area contributed by atoms with Crippen LogP contribution in [-0.2, 0) is 6.42 Å². The average Bonchev–Trinajstić information content (AvgIpc) is 3.11. The number of hydrogen-bond donors (Lipinski definition) is 1. The number of benzene rings is 3. The van der Waals surface area contributed by atoms with Crippen LogP contribution >= 0.6 is 22.9 Å². The minimum Gasteiger partial charge on any atom is -0.497 e. The molecule has 1 heterocycles. The molecule has 0 fully saturated rings. The Morgan fingerprint density at radius 2 is 1.80 bits per heavy atom. The Kier molecular flexibility index (Phi) is 6.07. The number of ether oxygens (including phenoxy) is 1. The summed E-state index contributed by atoms with van der Waals surface area (Å²) in [6, 6.07) is 24.0. The van der Waals surface area contributed by atoms with Gasteiger partial charge in [0.2, 0.25) is 0 Å². The summed E-state index contributed by atoms with van der Waals surface area (Å²) in [5.41, 5.74) is 3.44. The largest absolute Gasteiger partial charge is 0.497 e. The van der Waals surface area contributed by atoms with Crippen molar-refractivity contribution in [3.63, 3.8) is 0 Å². The van der Waals surface area contributed by atoms with E-state index >= 15 is 0 Å². The first kappa shape index (κ1) is 20.5. The van der Waals surface area contributed by atoms with E-state index in [1.165, 1.54) is 22.5 Å². The number of nitrogens with one attached hydrogen (secondary N) is 1. The molecule has 0 saturated carbocycles. The molecule has 3 nitrogen and oxygen atoms in total. The van der Waals surface area contributed by atoms with Gasteiger partial charge in [-0.05, 0) is 42.7 Å². The molecule has 152 valence electrons. The molecule has 0 bridgehead atoms. The minimum atomic E-state index is -0.166. The molecule has 1 aromatic heterocycles. The Morgan fingerprint density at radius 1 is 1.07 bits per heavy atom. The van der Waals surface area contributed by atoms with Gasteiger partial charge in [0.05, 0.1) is 18.2 Å². The van der Waals surface area contributed by atoms with E-state index in [9.17, 15) is 4.79 Å². The highest BCUT2D eigenvalue weighted by molar-refractivity contribution is 7.21. The topological polar surface area (TPSA) is 38.3 Å². The average molecular weight is 436 g/mol. The highest BCUT2D eigenvalue weighted by Crippen LogP contribution is 2.37. The monoisotopic (exact) mass is 435 g/mol. The molecular weight excluding hydrogens is 414 g/mol. The molecule has 1 atom stereocenters. The summed E-state index contributed by atoms with van der Waals surface area (Å²) in [4.78, 5) is 13.7. The van der Waals surface area contributed by atoms with Crippen LogP contribution in [-0.4, -0.2) is 13.0 Å². The van der Waals surface area contributed by atoms with Crippen molar-refractivity contribution in [1.29, 1.82) is 0 Å². The summed E-state index contributed by atoms with van der Waals surface area (Å²) >= 11 is 7.98. The van der Waals surface area contributed by atoms with Gasteiger partial charge in [0.25, 0.3) is 5.91 Å². The second-order valence-corrected chi connectivity index (χ2v) is 8.66. The van der Waals surface area contributed by atoms with Crippen molar-refractivity contribution in [2.45, 2.75) is 19.4 Å². The number of aryl methyl sites for hydroxylation is 1. The number of halogens is 1. The predicted octanol–water partition coefficient (Wildman–Crippen LogP) is 6.59. The highest BCUT2D eigenvalue weighted by atomic mass is 35.5. The van der Waals surface area contributed by atoms with Gasteiger partial charge in [-0.25, -0.2) is 0 Å². The first-order chi connectivity index (χ1) is 14.5. The smallest absolute Gasteiger partial charge is 0.263 e. The number of rotatable bonds is 6. The SMILES string of the molecule is COc1ccc2sc(C(=O)N[C@H](Cc3ccc(C)cc3)c3ccccc3)c(Cl)c2c1. The van der Waals surface area contributed by atoms with E-state index in [2.05, 4.69) is 36.5 Å². The first-order valence-electron chi connectivity index (χ1n) is 9.72. The summed E-state index contributed by atoms with van der Waals surface area (Å²) in [5.74, 6) is 0.553. The number of carbonyl (C=O) groups excluding carboxylic acids is 1. The van der Waals surface area contributed by atoms with Crippen LogP contribution in [0.3, 0.4) is 0 Å². The maximum Gasteiger partial charge on any atom is 0.263 e. The quantitative estimate of drug-likeness (QED) is 0.371. The van der Waals surface area contributed by atoms with Gasteiger partial charge < -0.3 is 10.1 Å². The van der Waals surface area contributed by atoms with Crippen LogP contribution in [0.15, 0.2) is 72.8 Å². The lowest BCUT2D eigenvalue weighted by Gasteiger charge is -2.19.